The molecule has 0 spiro atoms. The second-order valence-electron chi connectivity index (χ2n) is 6.74. The van der Waals surface area contributed by atoms with Gasteiger partial charge in [0.05, 0.1) is 21.7 Å². The summed E-state index contributed by atoms with van der Waals surface area (Å²) < 4.78 is 50.5. The average Bonchev–Trinajstić information content (AvgIpc) is 2.96. The van der Waals surface area contributed by atoms with Crippen LogP contribution in [0.1, 0.15) is 18.1 Å². The molecule has 0 amide bonds. The van der Waals surface area contributed by atoms with Gasteiger partial charge < -0.3 is 5.32 Å². The monoisotopic (exact) mass is 427 g/mol. The molecule has 1 fully saturated rings. The molecule has 2 aromatic carbocycles. The summed E-state index contributed by atoms with van der Waals surface area (Å²) in [4.78, 5) is 0.159. The zero-order chi connectivity index (χ0) is 19.7. The lowest BCUT2D eigenvalue weighted by atomic mass is 10.2. The summed E-state index contributed by atoms with van der Waals surface area (Å²) in [5.41, 5.74) is 1.83. The topological polar surface area (TPSA) is 80.3 Å². The minimum Gasteiger partial charge on any atom is -0.308 e. The van der Waals surface area contributed by atoms with Gasteiger partial charge in [0, 0.05) is 17.6 Å². The van der Waals surface area contributed by atoms with Crippen molar-refractivity contribution in [3.8, 4) is 0 Å². The number of nitrogens with one attached hydrogen (secondary N) is 1. The van der Waals surface area contributed by atoms with Crippen LogP contribution in [0.5, 0.6) is 0 Å². The molecule has 1 aliphatic heterocycles. The molecule has 0 saturated carbocycles. The Morgan fingerprint density at radius 3 is 2.37 bits per heavy atom. The first-order valence-electron chi connectivity index (χ1n) is 8.73. The summed E-state index contributed by atoms with van der Waals surface area (Å²) in [5, 5.41) is 2.64. The molecule has 1 N–H and O–H groups in total. The van der Waals surface area contributed by atoms with Crippen molar-refractivity contribution in [1.29, 1.82) is 0 Å². The fraction of sp³-hybridized carbons (Fsp3) is 0.368. The van der Waals surface area contributed by atoms with E-state index in [0.29, 0.717) is 11.6 Å². The molecule has 0 aromatic heterocycles. The maximum absolute atomic E-state index is 13.1. The molecule has 0 bridgehead atoms. The number of benzene rings is 2. The van der Waals surface area contributed by atoms with Crippen LogP contribution in [0, 0.1) is 0 Å². The first-order chi connectivity index (χ1) is 12.7. The van der Waals surface area contributed by atoms with Crippen molar-refractivity contribution >= 4 is 31.3 Å². The molecule has 3 rings (SSSR count). The standard InChI is InChI=1S/C19H22ClNO4S2/c1-2-14-7-9-16(10-8-14)27(24,25)19-13-26(22,23)12-18(19)21-11-15-5-3-4-6-17(15)20/h3-10,18-19,21H,2,11-13H2,1H3/t18-,19-/m0/s1. The van der Waals surface area contributed by atoms with Gasteiger partial charge in [-0.15, -0.1) is 0 Å². The lowest BCUT2D eigenvalue weighted by Crippen LogP contribution is -2.43. The Hall–Kier alpha value is -1.41. The van der Waals surface area contributed by atoms with E-state index in [1.165, 1.54) is 0 Å². The summed E-state index contributed by atoms with van der Waals surface area (Å²) in [6, 6.07) is 13.2. The van der Waals surface area contributed by atoms with E-state index in [2.05, 4.69) is 5.32 Å². The van der Waals surface area contributed by atoms with Crippen LogP contribution >= 0.6 is 11.6 Å². The Morgan fingerprint density at radius 1 is 1.07 bits per heavy atom. The van der Waals surface area contributed by atoms with Crippen molar-refractivity contribution in [3.63, 3.8) is 0 Å². The lowest BCUT2D eigenvalue weighted by molar-refractivity contribution is 0.526. The van der Waals surface area contributed by atoms with Gasteiger partial charge in [0.1, 0.15) is 0 Å². The van der Waals surface area contributed by atoms with E-state index in [9.17, 15) is 16.8 Å². The minimum absolute atomic E-state index is 0.159. The van der Waals surface area contributed by atoms with Crippen LogP contribution in [-0.2, 0) is 32.6 Å². The van der Waals surface area contributed by atoms with Crippen molar-refractivity contribution < 1.29 is 16.8 Å². The predicted octanol–water partition coefficient (Wildman–Crippen LogP) is 2.63. The lowest BCUT2D eigenvalue weighted by Gasteiger charge is -2.20. The third-order valence-corrected chi connectivity index (χ3v) is 9.41. The van der Waals surface area contributed by atoms with Gasteiger partial charge in [0.2, 0.25) is 0 Å². The fourth-order valence-corrected chi connectivity index (χ4v) is 8.20. The highest BCUT2D eigenvalue weighted by Crippen LogP contribution is 2.27. The summed E-state index contributed by atoms with van der Waals surface area (Å²) in [6.07, 6.45) is 0.806. The van der Waals surface area contributed by atoms with Crippen molar-refractivity contribution in [2.75, 3.05) is 11.5 Å². The molecular formula is C19H22ClNO4S2. The molecule has 1 aliphatic rings. The molecule has 146 valence electrons. The zero-order valence-electron chi connectivity index (χ0n) is 14.9. The molecule has 0 aliphatic carbocycles. The number of halogens is 1. The van der Waals surface area contributed by atoms with Crippen molar-refractivity contribution in [3.05, 3.63) is 64.7 Å². The smallest absolute Gasteiger partial charge is 0.183 e. The Bertz CT molecular complexity index is 1020. The molecule has 2 aromatic rings. The zero-order valence-corrected chi connectivity index (χ0v) is 17.3. The highest BCUT2D eigenvalue weighted by Gasteiger charge is 2.45. The van der Waals surface area contributed by atoms with E-state index in [4.69, 9.17) is 11.6 Å². The first-order valence-corrected chi connectivity index (χ1v) is 12.5. The van der Waals surface area contributed by atoms with E-state index in [-0.39, 0.29) is 16.4 Å². The number of aryl methyl sites for hydroxylation is 1. The number of sulfone groups is 2. The molecular weight excluding hydrogens is 406 g/mol. The molecule has 1 heterocycles. The van der Waals surface area contributed by atoms with Gasteiger partial charge >= 0.3 is 0 Å². The predicted molar refractivity (Wildman–Crippen MR) is 108 cm³/mol. The summed E-state index contributed by atoms with van der Waals surface area (Å²) in [7, 11) is -7.21. The molecule has 0 radical (unpaired) electrons. The molecule has 8 heteroatoms. The quantitative estimate of drug-likeness (QED) is 0.766. The number of hydrogen-bond acceptors (Lipinski definition) is 5. The van der Waals surface area contributed by atoms with Crippen LogP contribution in [0.3, 0.4) is 0 Å². The summed E-state index contributed by atoms with van der Waals surface area (Å²) in [6.45, 7) is 2.29. The van der Waals surface area contributed by atoms with E-state index in [1.807, 2.05) is 19.1 Å². The fourth-order valence-electron chi connectivity index (χ4n) is 3.28. The normalized spacial score (nSPS) is 22.0. The average molecular weight is 428 g/mol. The Labute approximate surface area is 165 Å². The van der Waals surface area contributed by atoms with Gasteiger partial charge in [0.25, 0.3) is 0 Å². The molecule has 5 nitrogen and oxygen atoms in total. The van der Waals surface area contributed by atoms with E-state index < -0.39 is 31.0 Å². The summed E-state index contributed by atoms with van der Waals surface area (Å²) >= 11 is 6.14. The van der Waals surface area contributed by atoms with Crippen molar-refractivity contribution in [2.45, 2.75) is 36.1 Å². The van der Waals surface area contributed by atoms with E-state index in [1.54, 1.807) is 36.4 Å². The van der Waals surface area contributed by atoms with Crippen molar-refractivity contribution in [1.82, 2.24) is 5.32 Å². The van der Waals surface area contributed by atoms with Gasteiger partial charge in [-0.3, -0.25) is 0 Å². The van der Waals surface area contributed by atoms with Crippen molar-refractivity contribution in [2.24, 2.45) is 0 Å². The third-order valence-electron chi connectivity index (χ3n) is 4.87. The van der Waals surface area contributed by atoms with E-state index in [0.717, 1.165) is 17.5 Å². The van der Waals surface area contributed by atoms with Gasteiger partial charge in [-0.05, 0) is 35.7 Å². The van der Waals surface area contributed by atoms with Crippen LogP contribution in [0.4, 0.5) is 0 Å². The maximum atomic E-state index is 13.1. The van der Waals surface area contributed by atoms with Gasteiger partial charge in [0.15, 0.2) is 19.7 Å². The SMILES string of the molecule is CCc1ccc(S(=O)(=O)[C@H]2CS(=O)(=O)C[C@@H]2NCc2ccccc2Cl)cc1. The van der Waals surface area contributed by atoms with Crippen LogP contribution in [0.25, 0.3) is 0 Å². The Balaban J connectivity index is 1.85. The highest BCUT2D eigenvalue weighted by atomic mass is 35.5. The number of hydrogen-bond donors (Lipinski definition) is 1. The molecule has 2 atom stereocenters. The molecule has 27 heavy (non-hydrogen) atoms. The van der Waals surface area contributed by atoms with Crippen LogP contribution in [0.2, 0.25) is 5.02 Å². The van der Waals surface area contributed by atoms with Gasteiger partial charge in [-0.1, -0.05) is 48.9 Å². The molecule has 0 unspecified atom stereocenters. The second-order valence-corrected chi connectivity index (χ2v) is 11.5. The highest BCUT2D eigenvalue weighted by molar-refractivity contribution is 7.96. The van der Waals surface area contributed by atoms with Crippen LogP contribution < -0.4 is 5.32 Å². The minimum atomic E-state index is -3.77. The first kappa shape index (κ1) is 20.3. The Morgan fingerprint density at radius 2 is 1.74 bits per heavy atom. The van der Waals surface area contributed by atoms with Gasteiger partial charge in [-0.25, -0.2) is 16.8 Å². The maximum Gasteiger partial charge on any atom is 0.183 e. The third kappa shape index (κ3) is 4.54. The summed E-state index contributed by atoms with van der Waals surface area (Å²) in [5.74, 6) is -0.570. The largest absolute Gasteiger partial charge is 0.308 e. The number of rotatable bonds is 6. The van der Waals surface area contributed by atoms with Gasteiger partial charge in [-0.2, -0.15) is 0 Å². The van der Waals surface area contributed by atoms with E-state index >= 15 is 0 Å². The second kappa shape index (κ2) is 7.91. The van der Waals surface area contributed by atoms with Crippen LogP contribution in [0.15, 0.2) is 53.4 Å². The Kier molecular flexibility index (Phi) is 5.96. The molecule has 1 saturated heterocycles. The van der Waals surface area contributed by atoms with Crippen LogP contribution in [-0.4, -0.2) is 39.6 Å².